The Morgan fingerprint density at radius 2 is 1.73 bits per heavy atom. The summed E-state index contributed by atoms with van der Waals surface area (Å²) in [6.07, 6.45) is 0.603. The van der Waals surface area contributed by atoms with E-state index in [0.29, 0.717) is 6.42 Å². The fourth-order valence-corrected chi connectivity index (χ4v) is 4.34. The second-order valence-corrected chi connectivity index (χ2v) is 7.64. The number of hydrogen-bond acceptors (Lipinski definition) is 5. The zero-order chi connectivity index (χ0) is 19.2. The van der Waals surface area contributed by atoms with Crippen LogP contribution in [0.2, 0.25) is 0 Å². The molecule has 0 saturated carbocycles. The van der Waals surface area contributed by atoms with Crippen molar-refractivity contribution in [3.8, 4) is 5.75 Å². The molecule has 26 heavy (non-hydrogen) atoms. The Balaban J connectivity index is 2.37. The van der Waals surface area contributed by atoms with Crippen LogP contribution in [0.25, 0.3) is 0 Å². The lowest BCUT2D eigenvalue weighted by molar-refractivity contribution is -0.133. The van der Waals surface area contributed by atoms with Crippen LogP contribution in [-0.2, 0) is 21.2 Å². The first-order chi connectivity index (χ1) is 12.4. The number of carbonyl (C=O) groups excluding carboxylic acids is 1. The molecule has 0 aliphatic carbocycles. The van der Waals surface area contributed by atoms with Crippen molar-refractivity contribution in [3.05, 3.63) is 60.2 Å². The standard InChI is InChI=1S/C18H22N2O5S/c1-2-17(18(22)19-23)20(13-12-14-6-4-3-5-7-14)26(24,25)16-10-8-15(21)9-11-16/h3-11,17,21,23H,2,12-13H2,1H3,(H,19,22)/t17-/m1/s1. The Kier molecular flexibility index (Phi) is 6.73. The van der Waals surface area contributed by atoms with E-state index in [-0.39, 0.29) is 23.6 Å². The molecule has 0 radical (unpaired) electrons. The maximum atomic E-state index is 13.1. The molecule has 0 spiro atoms. The van der Waals surface area contributed by atoms with Crippen LogP contribution in [-0.4, -0.2) is 41.5 Å². The van der Waals surface area contributed by atoms with Gasteiger partial charge in [0.15, 0.2) is 0 Å². The lowest BCUT2D eigenvalue weighted by atomic mass is 10.1. The van der Waals surface area contributed by atoms with Gasteiger partial charge in [-0.05, 0) is 42.7 Å². The maximum absolute atomic E-state index is 13.1. The summed E-state index contributed by atoms with van der Waals surface area (Å²) in [6.45, 7) is 1.74. The fraction of sp³-hybridized carbons (Fsp3) is 0.278. The second-order valence-electron chi connectivity index (χ2n) is 5.75. The number of nitrogens with one attached hydrogen (secondary N) is 1. The average Bonchev–Trinajstić information content (AvgIpc) is 2.65. The summed E-state index contributed by atoms with van der Waals surface area (Å²) < 4.78 is 27.2. The number of carbonyl (C=O) groups is 1. The number of hydrogen-bond donors (Lipinski definition) is 3. The Hall–Kier alpha value is -2.42. The molecule has 8 heteroatoms. The van der Waals surface area contributed by atoms with E-state index in [4.69, 9.17) is 5.21 Å². The van der Waals surface area contributed by atoms with Crippen LogP contribution in [0, 0.1) is 0 Å². The molecule has 3 N–H and O–H groups in total. The summed E-state index contributed by atoms with van der Waals surface area (Å²) in [5.74, 6) is -0.845. The van der Waals surface area contributed by atoms with E-state index in [0.717, 1.165) is 9.87 Å². The van der Waals surface area contributed by atoms with Gasteiger partial charge in [-0.2, -0.15) is 4.31 Å². The summed E-state index contributed by atoms with van der Waals surface area (Å²) in [5, 5.41) is 18.4. The molecular formula is C18H22N2O5S. The van der Waals surface area contributed by atoms with E-state index in [1.807, 2.05) is 30.3 Å². The predicted molar refractivity (Wildman–Crippen MR) is 96.2 cm³/mol. The van der Waals surface area contributed by atoms with E-state index >= 15 is 0 Å². The second kappa shape index (κ2) is 8.79. The molecule has 1 amide bonds. The number of benzene rings is 2. The first kappa shape index (κ1) is 19.9. The summed E-state index contributed by atoms with van der Waals surface area (Å²) in [7, 11) is -4.00. The summed E-state index contributed by atoms with van der Waals surface area (Å²) >= 11 is 0. The molecule has 0 aromatic heterocycles. The molecule has 0 fully saturated rings. The minimum atomic E-state index is -4.00. The van der Waals surface area contributed by atoms with Gasteiger partial charge in [0.05, 0.1) is 4.90 Å². The number of amides is 1. The van der Waals surface area contributed by atoms with Crippen molar-refractivity contribution >= 4 is 15.9 Å². The SMILES string of the molecule is CC[C@H](C(=O)NO)N(CCc1ccccc1)S(=O)(=O)c1ccc(O)cc1. The first-order valence-corrected chi connectivity index (χ1v) is 9.63. The van der Waals surface area contributed by atoms with Gasteiger partial charge in [-0.25, -0.2) is 13.9 Å². The van der Waals surface area contributed by atoms with Crippen molar-refractivity contribution < 1.29 is 23.5 Å². The quantitative estimate of drug-likeness (QED) is 0.480. The number of sulfonamides is 1. The highest BCUT2D eigenvalue weighted by Crippen LogP contribution is 2.22. The number of hydroxylamine groups is 1. The molecule has 0 aliphatic heterocycles. The number of nitrogens with zero attached hydrogens (tertiary/aromatic N) is 1. The van der Waals surface area contributed by atoms with Crippen LogP contribution >= 0.6 is 0 Å². The molecule has 0 unspecified atom stereocenters. The first-order valence-electron chi connectivity index (χ1n) is 8.19. The lowest BCUT2D eigenvalue weighted by Crippen LogP contribution is -2.49. The number of rotatable bonds is 8. The third kappa shape index (κ3) is 4.60. The monoisotopic (exact) mass is 378 g/mol. The van der Waals surface area contributed by atoms with E-state index in [9.17, 15) is 18.3 Å². The van der Waals surface area contributed by atoms with Crippen LogP contribution in [0.15, 0.2) is 59.5 Å². The van der Waals surface area contributed by atoms with Crippen molar-refractivity contribution in [2.45, 2.75) is 30.7 Å². The minimum absolute atomic E-state index is 0.0347. The van der Waals surface area contributed by atoms with Crippen LogP contribution < -0.4 is 5.48 Å². The predicted octanol–water partition coefficient (Wildman–Crippen LogP) is 1.91. The van der Waals surface area contributed by atoms with E-state index < -0.39 is 22.0 Å². The number of phenolic OH excluding ortho intramolecular Hbond substituents is 1. The normalized spacial score (nSPS) is 12.7. The van der Waals surface area contributed by atoms with Gasteiger partial charge in [0.2, 0.25) is 10.0 Å². The Labute approximate surface area is 152 Å². The molecule has 0 heterocycles. The van der Waals surface area contributed by atoms with Gasteiger partial charge in [-0.1, -0.05) is 37.3 Å². The summed E-state index contributed by atoms with van der Waals surface area (Å²) in [6, 6.07) is 13.4. The van der Waals surface area contributed by atoms with Gasteiger partial charge in [0, 0.05) is 6.54 Å². The van der Waals surface area contributed by atoms with E-state index in [2.05, 4.69) is 0 Å². The van der Waals surface area contributed by atoms with Gasteiger partial charge >= 0.3 is 0 Å². The zero-order valence-corrected chi connectivity index (χ0v) is 15.2. The molecule has 1 atom stereocenters. The minimum Gasteiger partial charge on any atom is -0.508 e. The Morgan fingerprint density at radius 3 is 2.27 bits per heavy atom. The highest BCUT2D eigenvalue weighted by Gasteiger charge is 2.34. The molecule has 2 rings (SSSR count). The van der Waals surface area contributed by atoms with Crippen LogP contribution in [0.3, 0.4) is 0 Å². The Bertz CT molecular complexity index is 822. The highest BCUT2D eigenvalue weighted by atomic mass is 32.2. The van der Waals surface area contributed by atoms with E-state index in [1.54, 1.807) is 12.4 Å². The Morgan fingerprint density at radius 1 is 1.12 bits per heavy atom. The summed E-state index contributed by atoms with van der Waals surface area (Å²) in [5.41, 5.74) is 2.47. The molecule has 7 nitrogen and oxygen atoms in total. The van der Waals surface area contributed by atoms with Crippen molar-refractivity contribution in [1.82, 2.24) is 9.79 Å². The molecule has 0 aliphatic rings. The summed E-state index contributed by atoms with van der Waals surface area (Å²) in [4.78, 5) is 12.0. The number of aromatic hydroxyl groups is 1. The van der Waals surface area contributed by atoms with Gasteiger partial charge in [-0.3, -0.25) is 10.0 Å². The smallest absolute Gasteiger partial charge is 0.261 e. The van der Waals surface area contributed by atoms with Crippen LogP contribution in [0.5, 0.6) is 5.75 Å². The molecular weight excluding hydrogens is 356 g/mol. The molecule has 2 aromatic rings. The molecule has 140 valence electrons. The number of phenols is 1. The topological polar surface area (TPSA) is 107 Å². The fourth-order valence-electron chi connectivity index (χ4n) is 2.68. The lowest BCUT2D eigenvalue weighted by Gasteiger charge is -2.28. The van der Waals surface area contributed by atoms with Crippen molar-refractivity contribution in [3.63, 3.8) is 0 Å². The van der Waals surface area contributed by atoms with Gasteiger partial charge in [0.25, 0.3) is 5.91 Å². The highest BCUT2D eigenvalue weighted by molar-refractivity contribution is 7.89. The van der Waals surface area contributed by atoms with Crippen molar-refractivity contribution in [2.75, 3.05) is 6.54 Å². The third-order valence-corrected chi connectivity index (χ3v) is 5.98. The third-order valence-electron chi connectivity index (χ3n) is 4.05. The zero-order valence-electron chi connectivity index (χ0n) is 14.4. The van der Waals surface area contributed by atoms with Gasteiger partial charge in [0.1, 0.15) is 11.8 Å². The molecule has 0 bridgehead atoms. The van der Waals surface area contributed by atoms with Crippen molar-refractivity contribution in [2.24, 2.45) is 0 Å². The van der Waals surface area contributed by atoms with E-state index in [1.165, 1.54) is 24.3 Å². The molecule has 0 saturated heterocycles. The van der Waals surface area contributed by atoms with Crippen molar-refractivity contribution in [1.29, 1.82) is 0 Å². The van der Waals surface area contributed by atoms with Gasteiger partial charge in [-0.15, -0.1) is 0 Å². The van der Waals surface area contributed by atoms with Crippen LogP contribution in [0.4, 0.5) is 0 Å². The largest absolute Gasteiger partial charge is 0.508 e. The maximum Gasteiger partial charge on any atom is 0.261 e. The average molecular weight is 378 g/mol. The van der Waals surface area contributed by atoms with Crippen LogP contribution in [0.1, 0.15) is 18.9 Å². The molecule has 2 aromatic carbocycles. The van der Waals surface area contributed by atoms with Gasteiger partial charge < -0.3 is 5.11 Å².